The molecule has 1 saturated heterocycles. The van der Waals surface area contributed by atoms with Crippen LogP contribution in [0.15, 0.2) is 35.2 Å². The number of benzene rings is 1. The fourth-order valence-electron chi connectivity index (χ4n) is 2.29. The summed E-state index contributed by atoms with van der Waals surface area (Å²) in [5.41, 5.74) is 0. The Hall–Kier alpha value is -0.960. The van der Waals surface area contributed by atoms with Gasteiger partial charge in [-0.1, -0.05) is 25.1 Å². The van der Waals surface area contributed by atoms with Gasteiger partial charge in [-0.05, 0) is 37.8 Å². The molecule has 0 N–H and O–H groups in total. The molecule has 1 aromatic carbocycles. The Kier molecular flexibility index (Phi) is 5.12. The Morgan fingerprint density at radius 2 is 1.89 bits per heavy atom. The molecular weight excluding hydrogens is 242 g/mol. The van der Waals surface area contributed by atoms with Gasteiger partial charge in [0.1, 0.15) is 0 Å². The fourth-order valence-corrected chi connectivity index (χ4v) is 3.35. The highest BCUT2D eigenvalue weighted by molar-refractivity contribution is 8.00. The molecule has 3 heteroatoms. The largest absolute Gasteiger partial charge is 0.342 e. The molecule has 1 fully saturated rings. The first kappa shape index (κ1) is 13.5. The summed E-state index contributed by atoms with van der Waals surface area (Å²) >= 11 is 1.70. The lowest BCUT2D eigenvalue weighted by molar-refractivity contribution is -0.131. The van der Waals surface area contributed by atoms with Crippen LogP contribution in [-0.4, -0.2) is 29.1 Å². The number of thioether (sulfide) groups is 1. The van der Waals surface area contributed by atoms with E-state index in [1.54, 1.807) is 11.8 Å². The lowest BCUT2D eigenvalue weighted by atomic mass is 10.1. The maximum atomic E-state index is 12.4. The molecule has 98 valence electrons. The van der Waals surface area contributed by atoms with E-state index in [0.717, 1.165) is 32.4 Å². The highest BCUT2D eigenvalue weighted by Gasteiger charge is 2.24. The Morgan fingerprint density at radius 1 is 1.22 bits per heavy atom. The average Bonchev–Trinajstić information content (AvgIpc) is 2.46. The molecule has 2 nitrogen and oxygen atoms in total. The molecule has 0 saturated carbocycles. The van der Waals surface area contributed by atoms with Crippen LogP contribution >= 0.6 is 11.8 Å². The minimum atomic E-state index is 0.0745. The maximum Gasteiger partial charge on any atom is 0.236 e. The number of carbonyl (C=O) groups excluding carboxylic acids is 1. The highest BCUT2D eigenvalue weighted by atomic mass is 32.2. The Morgan fingerprint density at radius 3 is 2.50 bits per heavy atom. The molecule has 2 rings (SSSR count). The molecule has 0 bridgehead atoms. The normalized spacial score (nSPS) is 17.5. The van der Waals surface area contributed by atoms with Crippen LogP contribution in [0.3, 0.4) is 0 Å². The molecule has 1 aliphatic rings. The summed E-state index contributed by atoms with van der Waals surface area (Å²) in [7, 11) is 0. The lowest BCUT2D eigenvalue weighted by Crippen LogP contribution is -2.40. The van der Waals surface area contributed by atoms with Crippen molar-refractivity contribution in [2.45, 2.75) is 42.8 Å². The molecule has 1 atom stereocenters. The van der Waals surface area contributed by atoms with Crippen LogP contribution in [0.5, 0.6) is 0 Å². The van der Waals surface area contributed by atoms with Crippen LogP contribution < -0.4 is 0 Å². The van der Waals surface area contributed by atoms with Gasteiger partial charge in [0.25, 0.3) is 0 Å². The lowest BCUT2D eigenvalue weighted by Gasteiger charge is -2.29. The SMILES string of the molecule is CCC(Sc1ccccc1)C(=O)N1CCCCC1. The van der Waals surface area contributed by atoms with Gasteiger partial charge < -0.3 is 4.90 Å². The van der Waals surface area contributed by atoms with E-state index in [1.165, 1.54) is 11.3 Å². The smallest absolute Gasteiger partial charge is 0.236 e. The predicted molar refractivity (Wildman–Crippen MR) is 76.8 cm³/mol. The summed E-state index contributed by atoms with van der Waals surface area (Å²) in [5.74, 6) is 0.325. The third-order valence-corrected chi connectivity index (χ3v) is 4.70. The van der Waals surface area contributed by atoms with Crippen molar-refractivity contribution in [3.63, 3.8) is 0 Å². The van der Waals surface area contributed by atoms with Gasteiger partial charge in [-0.15, -0.1) is 11.8 Å². The minimum Gasteiger partial charge on any atom is -0.342 e. The number of nitrogens with zero attached hydrogens (tertiary/aromatic N) is 1. The highest BCUT2D eigenvalue weighted by Crippen LogP contribution is 2.27. The number of likely N-dealkylation sites (tertiary alicyclic amines) is 1. The number of hydrogen-bond acceptors (Lipinski definition) is 2. The molecule has 18 heavy (non-hydrogen) atoms. The number of rotatable bonds is 4. The van der Waals surface area contributed by atoms with Crippen molar-refractivity contribution in [3.05, 3.63) is 30.3 Å². The van der Waals surface area contributed by atoms with Crippen molar-refractivity contribution in [1.29, 1.82) is 0 Å². The van der Waals surface area contributed by atoms with E-state index in [4.69, 9.17) is 0 Å². The van der Waals surface area contributed by atoms with Gasteiger partial charge in [-0.2, -0.15) is 0 Å². The van der Waals surface area contributed by atoms with Crippen LogP contribution in [-0.2, 0) is 4.79 Å². The van der Waals surface area contributed by atoms with E-state index < -0.39 is 0 Å². The van der Waals surface area contributed by atoms with Crippen molar-refractivity contribution >= 4 is 17.7 Å². The fraction of sp³-hybridized carbons (Fsp3) is 0.533. The molecule has 1 amide bonds. The molecule has 0 aromatic heterocycles. The minimum absolute atomic E-state index is 0.0745. The van der Waals surface area contributed by atoms with E-state index in [2.05, 4.69) is 19.1 Å². The van der Waals surface area contributed by atoms with Gasteiger partial charge in [0, 0.05) is 18.0 Å². The van der Waals surface area contributed by atoms with Crippen LogP contribution in [0.1, 0.15) is 32.6 Å². The second kappa shape index (κ2) is 6.83. The number of piperidine rings is 1. The third kappa shape index (κ3) is 3.52. The Bertz CT molecular complexity index is 373. The van der Waals surface area contributed by atoms with Crippen LogP contribution in [0.25, 0.3) is 0 Å². The first-order valence-electron chi connectivity index (χ1n) is 6.81. The summed E-state index contributed by atoms with van der Waals surface area (Å²) in [6, 6.07) is 10.2. The zero-order valence-corrected chi connectivity index (χ0v) is 11.8. The zero-order chi connectivity index (χ0) is 12.8. The molecule has 0 radical (unpaired) electrons. The zero-order valence-electron chi connectivity index (χ0n) is 11.0. The molecule has 1 aliphatic heterocycles. The van der Waals surface area contributed by atoms with Crippen molar-refractivity contribution in [2.75, 3.05) is 13.1 Å². The predicted octanol–water partition coefficient (Wildman–Crippen LogP) is 3.57. The standard InChI is InChI=1S/C15H21NOS/c1-2-14(18-13-9-5-3-6-10-13)15(17)16-11-7-4-8-12-16/h3,5-6,9-10,14H,2,4,7-8,11-12H2,1H3. The van der Waals surface area contributed by atoms with Gasteiger partial charge in [0.05, 0.1) is 5.25 Å². The summed E-state index contributed by atoms with van der Waals surface area (Å²) in [6.07, 6.45) is 4.50. The molecular formula is C15H21NOS. The van der Waals surface area contributed by atoms with E-state index in [-0.39, 0.29) is 5.25 Å². The van der Waals surface area contributed by atoms with E-state index in [1.807, 2.05) is 23.1 Å². The summed E-state index contributed by atoms with van der Waals surface area (Å²) < 4.78 is 0. The van der Waals surface area contributed by atoms with Crippen LogP contribution in [0, 0.1) is 0 Å². The van der Waals surface area contributed by atoms with Crippen LogP contribution in [0.2, 0.25) is 0 Å². The quantitative estimate of drug-likeness (QED) is 0.774. The van der Waals surface area contributed by atoms with Crippen molar-refractivity contribution in [3.8, 4) is 0 Å². The van der Waals surface area contributed by atoms with Crippen molar-refractivity contribution in [1.82, 2.24) is 4.90 Å². The first-order chi connectivity index (χ1) is 8.81. The second-order valence-electron chi connectivity index (χ2n) is 4.71. The molecule has 1 unspecified atom stereocenters. The summed E-state index contributed by atoms with van der Waals surface area (Å²) in [6.45, 7) is 4.00. The molecule has 1 aromatic rings. The average molecular weight is 263 g/mol. The summed E-state index contributed by atoms with van der Waals surface area (Å²) in [4.78, 5) is 15.7. The number of hydrogen-bond donors (Lipinski definition) is 0. The third-order valence-electron chi connectivity index (χ3n) is 3.34. The summed E-state index contributed by atoms with van der Waals surface area (Å²) in [5, 5.41) is 0.0745. The number of carbonyl (C=O) groups is 1. The van der Waals surface area contributed by atoms with Gasteiger partial charge in [0.2, 0.25) is 5.91 Å². The molecule has 0 spiro atoms. The van der Waals surface area contributed by atoms with Crippen molar-refractivity contribution in [2.24, 2.45) is 0 Å². The Labute approximate surface area is 114 Å². The molecule has 1 heterocycles. The number of amides is 1. The van der Waals surface area contributed by atoms with E-state index in [9.17, 15) is 4.79 Å². The topological polar surface area (TPSA) is 20.3 Å². The monoisotopic (exact) mass is 263 g/mol. The van der Waals surface area contributed by atoms with Crippen LogP contribution in [0.4, 0.5) is 0 Å². The molecule has 0 aliphatic carbocycles. The van der Waals surface area contributed by atoms with Gasteiger partial charge >= 0.3 is 0 Å². The van der Waals surface area contributed by atoms with Gasteiger partial charge in [0.15, 0.2) is 0 Å². The maximum absolute atomic E-state index is 12.4. The van der Waals surface area contributed by atoms with E-state index >= 15 is 0 Å². The van der Waals surface area contributed by atoms with Crippen molar-refractivity contribution < 1.29 is 4.79 Å². The Balaban J connectivity index is 1.97. The first-order valence-corrected chi connectivity index (χ1v) is 7.69. The van der Waals surface area contributed by atoms with Gasteiger partial charge in [-0.3, -0.25) is 4.79 Å². The second-order valence-corrected chi connectivity index (χ2v) is 5.99. The van der Waals surface area contributed by atoms with Gasteiger partial charge in [-0.25, -0.2) is 0 Å². The van der Waals surface area contributed by atoms with E-state index in [0.29, 0.717) is 5.91 Å².